The smallest absolute Gasteiger partial charge is 0.187 e. The standard InChI is InChI=1S/C48H80O18/c1-22(2)10-9-14-48(8,66-42-39(60)36(57)33(54)26(20-50)62-42)23-11-16-47(7)31(23)24(52)18-29-45(5)15-13-30(44(3,4)28(45)12-17-46(29,47)6)64-43-40(37(58)34(55)27(21-51)63-43)65-41-38(59)35(56)32(53)25(19-49)61-41/h9-10,23-43,49-60H,1,11-21H2,2-8H3/b10-9+/t23-,24+,25+,26+,27+,28-,29+,30-,31-,32+,33+,34+,35-,36-,37-,38+,39+,40+,41-,42-,43-,45-,46+,47+,48-/m0/s1. The van der Waals surface area contributed by atoms with Crippen LogP contribution in [-0.4, -0.2) is 191 Å². The summed E-state index contributed by atoms with van der Waals surface area (Å²) >= 11 is 0. The first-order valence-electron chi connectivity index (χ1n) is 24.1. The summed E-state index contributed by atoms with van der Waals surface area (Å²) in [6.45, 7) is 17.2. The molecule has 7 fully saturated rings. The summed E-state index contributed by atoms with van der Waals surface area (Å²) < 4.78 is 37.1. The molecule has 7 rings (SSSR count). The first kappa shape index (κ1) is 52.6. The van der Waals surface area contributed by atoms with Crippen LogP contribution < -0.4 is 0 Å². The maximum atomic E-state index is 12.6. The Kier molecular flexibility index (Phi) is 15.5. The topological polar surface area (TPSA) is 298 Å². The van der Waals surface area contributed by atoms with E-state index in [0.29, 0.717) is 32.1 Å². The molecule has 25 atom stereocenters. The van der Waals surface area contributed by atoms with Gasteiger partial charge in [0.05, 0.1) is 37.6 Å². The highest BCUT2D eigenvalue weighted by atomic mass is 16.8. The maximum absolute atomic E-state index is 12.6. The second-order valence-corrected chi connectivity index (χ2v) is 22.5. The molecule has 3 saturated heterocycles. The van der Waals surface area contributed by atoms with Gasteiger partial charge in [-0.25, -0.2) is 0 Å². The average Bonchev–Trinajstić information content (AvgIpc) is 3.65. The molecule has 0 spiro atoms. The maximum Gasteiger partial charge on any atom is 0.187 e. The molecule has 0 aromatic heterocycles. The van der Waals surface area contributed by atoms with Crippen LogP contribution in [0.25, 0.3) is 0 Å². The van der Waals surface area contributed by atoms with E-state index in [9.17, 15) is 61.3 Å². The van der Waals surface area contributed by atoms with Crippen LogP contribution in [0.2, 0.25) is 0 Å². The molecule has 7 aliphatic rings. The zero-order valence-electron chi connectivity index (χ0n) is 39.6. The average molecular weight is 945 g/mol. The molecule has 3 heterocycles. The van der Waals surface area contributed by atoms with Crippen LogP contribution in [0.5, 0.6) is 0 Å². The van der Waals surface area contributed by atoms with Gasteiger partial charge < -0.3 is 89.7 Å². The number of hydrogen-bond acceptors (Lipinski definition) is 18. The van der Waals surface area contributed by atoms with Crippen molar-refractivity contribution in [1.82, 2.24) is 0 Å². The number of ether oxygens (including phenoxy) is 6. The van der Waals surface area contributed by atoms with Crippen LogP contribution in [0.1, 0.15) is 99.8 Å². The van der Waals surface area contributed by atoms with Crippen molar-refractivity contribution in [1.29, 1.82) is 0 Å². The molecule has 0 aromatic carbocycles. The van der Waals surface area contributed by atoms with Crippen LogP contribution in [0, 0.1) is 45.3 Å². The molecule has 0 bridgehead atoms. The lowest BCUT2D eigenvalue weighted by Crippen LogP contribution is -2.68. The van der Waals surface area contributed by atoms with Gasteiger partial charge in [-0.15, -0.1) is 0 Å². The Morgan fingerprint density at radius 3 is 1.74 bits per heavy atom. The van der Waals surface area contributed by atoms with Gasteiger partial charge in [0.1, 0.15) is 73.2 Å². The van der Waals surface area contributed by atoms with Gasteiger partial charge in [-0.3, -0.25) is 0 Å². The Morgan fingerprint density at radius 1 is 0.636 bits per heavy atom. The lowest BCUT2D eigenvalue weighted by Gasteiger charge is -2.71. The third-order valence-corrected chi connectivity index (χ3v) is 18.5. The van der Waals surface area contributed by atoms with E-state index in [1.54, 1.807) is 0 Å². The number of aliphatic hydroxyl groups is 12. The fourth-order valence-corrected chi connectivity index (χ4v) is 14.7. The van der Waals surface area contributed by atoms with Gasteiger partial charge in [0, 0.05) is 0 Å². The largest absolute Gasteiger partial charge is 0.394 e. The van der Waals surface area contributed by atoms with Gasteiger partial charge in [0.15, 0.2) is 18.9 Å². The van der Waals surface area contributed by atoms with Crippen molar-refractivity contribution in [2.24, 2.45) is 45.3 Å². The van der Waals surface area contributed by atoms with Gasteiger partial charge in [-0.2, -0.15) is 0 Å². The van der Waals surface area contributed by atoms with Gasteiger partial charge in [0.25, 0.3) is 0 Å². The monoisotopic (exact) mass is 945 g/mol. The summed E-state index contributed by atoms with van der Waals surface area (Å²) in [6.07, 6.45) is -14.8. The van der Waals surface area contributed by atoms with E-state index >= 15 is 0 Å². The van der Waals surface area contributed by atoms with Crippen LogP contribution in [0.3, 0.4) is 0 Å². The molecular formula is C48H80O18. The zero-order valence-corrected chi connectivity index (χ0v) is 39.6. The van der Waals surface area contributed by atoms with Crippen molar-refractivity contribution in [3.63, 3.8) is 0 Å². The molecule has 18 heteroatoms. The number of allylic oxidation sites excluding steroid dienone is 2. The molecule has 4 aliphatic carbocycles. The quantitative estimate of drug-likeness (QED) is 0.0837. The van der Waals surface area contributed by atoms with Crippen molar-refractivity contribution in [2.45, 2.75) is 210 Å². The summed E-state index contributed by atoms with van der Waals surface area (Å²) in [6, 6.07) is 0. The molecule has 18 nitrogen and oxygen atoms in total. The van der Waals surface area contributed by atoms with E-state index in [1.165, 1.54) is 0 Å². The Labute approximate surface area is 388 Å². The fraction of sp³-hybridized carbons (Fsp3) is 0.917. The van der Waals surface area contributed by atoms with Crippen molar-refractivity contribution in [3.05, 3.63) is 24.3 Å². The highest BCUT2D eigenvalue weighted by Gasteiger charge is 2.72. The van der Waals surface area contributed by atoms with Gasteiger partial charge in [-0.05, 0) is 111 Å². The van der Waals surface area contributed by atoms with Crippen molar-refractivity contribution >= 4 is 0 Å². The van der Waals surface area contributed by atoms with Gasteiger partial charge >= 0.3 is 0 Å². The van der Waals surface area contributed by atoms with Crippen molar-refractivity contribution < 1.29 is 89.7 Å². The molecule has 0 amide bonds. The Balaban J connectivity index is 1.13. The van der Waals surface area contributed by atoms with Gasteiger partial charge in [-0.1, -0.05) is 58.9 Å². The first-order valence-corrected chi connectivity index (χ1v) is 24.1. The molecule has 3 aliphatic heterocycles. The molecule has 66 heavy (non-hydrogen) atoms. The summed E-state index contributed by atoms with van der Waals surface area (Å²) in [5.74, 6) is -0.265. The van der Waals surface area contributed by atoms with E-state index in [1.807, 2.05) is 26.0 Å². The minimum absolute atomic E-state index is 0.0796. The molecule has 4 saturated carbocycles. The Morgan fingerprint density at radius 2 is 1.17 bits per heavy atom. The number of fused-ring (bicyclic) bond motifs is 5. The number of hydrogen-bond donors (Lipinski definition) is 12. The predicted molar refractivity (Wildman–Crippen MR) is 233 cm³/mol. The van der Waals surface area contributed by atoms with Crippen LogP contribution in [0.15, 0.2) is 24.3 Å². The molecule has 0 radical (unpaired) electrons. The van der Waals surface area contributed by atoms with Crippen LogP contribution in [0.4, 0.5) is 0 Å². The van der Waals surface area contributed by atoms with E-state index in [2.05, 4.69) is 41.2 Å². The second-order valence-electron chi connectivity index (χ2n) is 22.5. The summed E-state index contributed by atoms with van der Waals surface area (Å²) in [7, 11) is 0. The SMILES string of the molecule is C=C(C)/C=C/C[C@](C)(O[C@@H]1O[C@H](CO)[C@@H](O)[C@H](O)[C@H]1O)[C@H]1CC[C@]2(C)[C@@H]1[C@H](O)C[C@@H]1[C@@]3(C)CC[C@H](O[C@@H]4O[C@H](CO)[C@@H](O)[C@H](O)[C@H]4O[C@@H]4O[C@H](CO)[C@@H](O)[C@H](O)[C@H]4O)C(C)(C)[C@@H]3CC[C@]12C. The highest BCUT2D eigenvalue weighted by molar-refractivity contribution is 5.21. The van der Waals surface area contributed by atoms with E-state index in [-0.39, 0.29) is 39.9 Å². The molecule has 12 N–H and O–H groups in total. The molecule has 380 valence electrons. The Hall–Kier alpha value is -1.24. The third-order valence-electron chi connectivity index (χ3n) is 18.5. The highest BCUT2D eigenvalue weighted by Crippen LogP contribution is 2.76. The summed E-state index contributed by atoms with van der Waals surface area (Å²) in [5.41, 5.74) is -1.58. The number of aliphatic hydroxyl groups excluding tert-OH is 12. The van der Waals surface area contributed by atoms with Gasteiger partial charge in [0.2, 0.25) is 0 Å². The van der Waals surface area contributed by atoms with Crippen molar-refractivity contribution in [3.8, 4) is 0 Å². The predicted octanol–water partition coefficient (Wildman–Crippen LogP) is -0.251. The molecule has 0 aromatic rings. The summed E-state index contributed by atoms with van der Waals surface area (Å²) in [5, 5.41) is 129. The lowest BCUT2D eigenvalue weighted by molar-refractivity contribution is -0.378. The first-order chi connectivity index (χ1) is 30.8. The van der Waals surface area contributed by atoms with Crippen LogP contribution in [-0.2, 0) is 28.4 Å². The second kappa shape index (κ2) is 19.4. The van der Waals surface area contributed by atoms with Crippen molar-refractivity contribution in [2.75, 3.05) is 19.8 Å². The van der Waals surface area contributed by atoms with E-state index < -0.39 is 135 Å². The molecule has 0 unspecified atom stereocenters. The fourth-order valence-electron chi connectivity index (χ4n) is 14.7. The zero-order chi connectivity index (χ0) is 48.6. The minimum Gasteiger partial charge on any atom is -0.394 e. The minimum atomic E-state index is -1.80. The normalized spacial score (nSPS) is 52.6. The molecular weight excluding hydrogens is 865 g/mol. The van der Waals surface area contributed by atoms with E-state index in [0.717, 1.165) is 24.8 Å². The van der Waals surface area contributed by atoms with Crippen LogP contribution >= 0.6 is 0 Å². The summed E-state index contributed by atoms with van der Waals surface area (Å²) in [4.78, 5) is 0. The number of rotatable bonds is 13. The Bertz CT molecular complexity index is 1710. The third kappa shape index (κ3) is 8.71. The lowest BCUT2D eigenvalue weighted by atomic mass is 9.35. The van der Waals surface area contributed by atoms with E-state index in [4.69, 9.17) is 28.4 Å².